The van der Waals surface area contributed by atoms with Gasteiger partial charge in [0.15, 0.2) is 17.6 Å². The number of hydrogen-bond acceptors (Lipinski definition) is 6. The highest BCUT2D eigenvalue weighted by Gasteiger charge is 2.21. The normalized spacial score (nSPS) is 12.2. The summed E-state index contributed by atoms with van der Waals surface area (Å²) >= 11 is 0. The SMILES string of the molecule is CC(OC(=O)c1cnn2c(-c3ccccc3)ccnc12)c1nc2ccccc2c(=O)[nH]1. The summed E-state index contributed by atoms with van der Waals surface area (Å²) in [5.41, 5.74) is 2.62. The van der Waals surface area contributed by atoms with E-state index in [9.17, 15) is 9.59 Å². The number of esters is 1. The van der Waals surface area contributed by atoms with Gasteiger partial charge in [-0.05, 0) is 25.1 Å². The molecule has 152 valence electrons. The fourth-order valence-corrected chi connectivity index (χ4v) is 3.44. The Bertz CT molecular complexity index is 1470. The highest BCUT2D eigenvalue weighted by Crippen LogP contribution is 2.22. The van der Waals surface area contributed by atoms with Crippen molar-refractivity contribution in [3.8, 4) is 11.3 Å². The Morgan fingerprint density at radius 3 is 2.68 bits per heavy atom. The first-order valence-electron chi connectivity index (χ1n) is 9.70. The molecule has 8 nitrogen and oxygen atoms in total. The Hall–Kier alpha value is -4.33. The number of aromatic nitrogens is 5. The Morgan fingerprint density at radius 1 is 1.06 bits per heavy atom. The van der Waals surface area contributed by atoms with E-state index in [4.69, 9.17) is 4.74 Å². The van der Waals surface area contributed by atoms with Crippen LogP contribution in [0.4, 0.5) is 0 Å². The van der Waals surface area contributed by atoms with Gasteiger partial charge in [0.05, 0.1) is 22.8 Å². The van der Waals surface area contributed by atoms with Crippen molar-refractivity contribution in [2.45, 2.75) is 13.0 Å². The van der Waals surface area contributed by atoms with E-state index in [0.29, 0.717) is 16.6 Å². The summed E-state index contributed by atoms with van der Waals surface area (Å²) < 4.78 is 7.18. The Balaban J connectivity index is 1.46. The Kier molecular flexibility index (Phi) is 4.51. The van der Waals surface area contributed by atoms with Crippen LogP contribution in [0.3, 0.4) is 0 Å². The lowest BCUT2D eigenvalue weighted by Crippen LogP contribution is -2.17. The van der Waals surface area contributed by atoms with Crippen LogP contribution in [0.2, 0.25) is 0 Å². The summed E-state index contributed by atoms with van der Waals surface area (Å²) in [5, 5.41) is 4.81. The number of para-hydroxylation sites is 1. The number of rotatable bonds is 4. The summed E-state index contributed by atoms with van der Waals surface area (Å²) in [4.78, 5) is 36.6. The van der Waals surface area contributed by atoms with Crippen LogP contribution in [0.5, 0.6) is 0 Å². The van der Waals surface area contributed by atoms with Gasteiger partial charge in [-0.25, -0.2) is 19.3 Å². The summed E-state index contributed by atoms with van der Waals surface area (Å²) in [6, 6.07) is 18.5. The molecule has 0 aliphatic carbocycles. The lowest BCUT2D eigenvalue weighted by atomic mass is 10.1. The van der Waals surface area contributed by atoms with Crippen molar-refractivity contribution in [1.29, 1.82) is 0 Å². The third kappa shape index (κ3) is 3.33. The summed E-state index contributed by atoms with van der Waals surface area (Å²) in [7, 11) is 0. The third-order valence-electron chi connectivity index (χ3n) is 4.99. The van der Waals surface area contributed by atoms with Crippen molar-refractivity contribution in [1.82, 2.24) is 24.6 Å². The van der Waals surface area contributed by atoms with Crippen LogP contribution in [0.1, 0.15) is 29.2 Å². The van der Waals surface area contributed by atoms with Crippen molar-refractivity contribution in [3.63, 3.8) is 0 Å². The average Bonchev–Trinajstić information content (AvgIpc) is 3.24. The zero-order valence-electron chi connectivity index (χ0n) is 16.5. The number of nitrogens with zero attached hydrogens (tertiary/aromatic N) is 4. The summed E-state index contributed by atoms with van der Waals surface area (Å²) in [6.07, 6.45) is 2.29. The number of ether oxygens (including phenoxy) is 1. The topological polar surface area (TPSA) is 102 Å². The van der Waals surface area contributed by atoms with E-state index in [1.54, 1.807) is 41.9 Å². The number of benzene rings is 2. The molecule has 1 unspecified atom stereocenters. The van der Waals surface area contributed by atoms with Crippen molar-refractivity contribution >= 4 is 22.5 Å². The molecule has 31 heavy (non-hydrogen) atoms. The van der Waals surface area contributed by atoms with Gasteiger partial charge in [0, 0.05) is 11.8 Å². The molecule has 0 saturated heterocycles. The number of nitrogens with one attached hydrogen (secondary N) is 1. The van der Waals surface area contributed by atoms with Crippen LogP contribution in [0.25, 0.3) is 27.8 Å². The van der Waals surface area contributed by atoms with Crippen LogP contribution in [0.15, 0.2) is 77.9 Å². The minimum Gasteiger partial charge on any atom is -0.451 e. The van der Waals surface area contributed by atoms with E-state index in [2.05, 4.69) is 20.1 Å². The fourth-order valence-electron chi connectivity index (χ4n) is 3.44. The first kappa shape index (κ1) is 18.7. The molecular weight excluding hydrogens is 394 g/mol. The molecule has 0 saturated carbocycles. The molecule has 3 heterocycles. The van der Waals surface area contributed by atoms with Crippen molar-refractivity contribution in [2.75, 3.05) is 0 Å². The van der Waals surface area contributed by atoms with Gasteiger partial charge in [-0.15, -0.1) is 0 Å². The second-order valence-corrected chi connectivity index (χ2v) is 7.01. The molecule has 1 N–H and O–H groups in total. The second kappa shape index (κ2) is 7.49. The fraction of sp³-hybridized carbons (Fsp3) is 0.0870. The van der Waals surface area contributed by atoms with Gasteiger partial charge in [-0.2, -0.15) is 5.10 Å². The van der Waals surface area contributed by atoms with E-state index in [1.807, 2.05) is 36.4 Å². The minimum absolute atomic E-state index is 0.229. The van der Waals surface area contributed by atoms with Crippen molar-refractivity contribution in [2.24, 2.45) is 0 Å². The zero-order chi connectivity index (χ0) is 21.4. The first-order chi connectivity index (χ1) is 15.1. The monoisotopic (exact) mass is 411 g/mol. The van der Waals surface area contributed by atoms with Crippen molar-refractivity contribution in [3.05, 3.63) is 94.8 Å². The Morgan fingerprint density at radius 2 is 1.84 bits per heavy atom. The quantitative estimate of drug-likeness (QED) is 0.454. The first-order valence-corrected chi connectivity index (χ1v) is 9.70. The number of fused-ring (bicyclic) bond motifs is 2. The van der Waals surface area contributed by atoms with Gasteiger partial charge in [-0.1, -0.05) is 42.5 Å². The van der Waals surface area contributed by atoms with Crippen LogP contribution >= 0.6 is 0 Å². The van der Waals surface area contributed by atoms with Crippen LogP contribution in [-0.4, -0.2) is 30.5 Å². The molecule has 3 aromatic heterocycles. The van der Waals surface area contributed by atoms with Gasteiger partial charge in [0.25, 0.3) is 5.56 Å². The number of carbonyl (C=O) groups is 1. The van der Waals surface area contributed by atoms with E-state index < -0.39 is 12.1 Å². The molecule has 5 rings (SSSR count). The number of hydrogen-bond donors (Lipinski definition) is 1. The molecular formula is C23H17N5O3. The van der Waals surface area contributed by atoms with Crippen LogP contribution < -0.4 is 5.56 Å². The lowest BCUT2D eigenvalue weighted by molar-refractivity contribution is 0.0322. The molecule has 0 amide bonds. The van der Waals surface area contributed by atoms with E-state index >= 15 is 0 Å². The molecule has 1 atom stereocenters. The molecule has 5 aromatic rings. The number of H-pyrrole nitrogens is 1. The van der Waals surface area contributed by atoms with Gasteiger partial charge in [-0.3, -0.25) is 4.79 Å². The predicted octanol–water partition coefficient (Wildman–Crippen LogP) is 3.55. The second-order valence-electron chi connectivity index (χ2n) is 7.01. The molecule has 2 aromatic carbocycles. The third-order valence-corrected chi connectivity index (χ3v) is 4.99. The smallest absolute Gasteiger partial charge is 0.344 e. The maximum Gasteiger partial charge on any atom is 0.344 e. The van der Waals surface area contributed by atoms with Gasteiger partial charge in [0.2, 0.25) is 0 Å². The molecule has 0 fully saturated rings. The highest BCUT2D eigenvalue weighted by molar-refractivity contribution is 5.96. The molecule has 0 aliphatic heterocycles. The van der Waals surface area contributed by atoms with Crippen LogP contribution in [0, 0.1) is 0 Å². The van der Waals surface area contributed by atoms with E-state index in [0.717, 1.165) is 11.3 Å². The maximum absolute atomic E-state index is 12.9. The molecule has 0 spiro atoms. The van der Waals surface area contributed by atoms with Crippen molar-refractivity contribution < 1.29 is 9.53 Å². The molecule has 8 heteroatoms. The largest absolute Gasteiger partial charge is 0.451 e. The maximum atomic E-state index is 12.9. The standard InChI is InChI=1S/C23H17N5O3/c1-14(20-26-18-10-6-5-9-16(18)22(29)27-20)31-23(30)17-13-25-28-19(11-12-24-21(17)28)15-7-3-2-4-8-15/h2-14H,1H3,(H,26,27,29). The number of carbonyl (C=O) groups excluding carboxylic acids is 1. The summed E-state index contributed by atoms with van der Waals surface area (Å²) in [6.45, 7) is 1.65. The predicted molar refractivity (Wildman–Crippen MR) is 115 cm³/mol. The summed E-state index contributed by atoms with van der Waals surface area (Å²) in [5.74, 6) is -0.331. The van der Waals surface area contributed by atoms with E-state index in [1.165, 1.54) is 6.20 Å². The van der Waals surface area contributed by atoms with Gasteiger partial charge in [0.1, 0.15) is 5.56 Å². The highest BCUT2D eigenvalue weighted by atomic mass is 16.5. The minimum atomic E-state index is -0.767. The average molecular weight is 411 g/mol. The van der Waals surface area contributed by atoms with Gasteiger partial charge >= 0.3 is 5.97 Å². The Labute approximate surface area is 176 Å². The number of aromatic amines is 1. The molecule has 0 bridgehead atoms. The van der Waals surface area contributed by atoms with Crippen LogP contribution in [-0.2, 0) is 4.74 Å². The lowest BCUT2D eigenvalue weighted by Gasteiger charge is -2.12. The zero-order valence-corrected chi connectivity index (χ0v) is 16.5. The molecule has 0 radical (unpaired) electrons. The molecule has 0 aliphatic rings. The van der Waals surface area contributed by atoms with Gasteiger partial charge < -0.3 is 9.72 Å². The van der Waals surface area contributed by atoms with E-state index in [-0.39, 0.29) is 16.9 Å².